The molecule has 0 atom stereocenters. The monoisotopic (exact) mass is 207 g/mol. The van der Waals surface area contributed by atoms with E-state index in [-0.39, 0.29) is 18.2 Å². The van der Waals surface area contributed by atoms with Crippen molar-refractivity contribution in [2.75, 3.05) is 5.32 Å². The molecule has 0 bridgehead atoms. The summed E-state index contributed by atoms with van der Waals surface area (Å²) in [5, 5.41) is 3.42. The predicted octanol–water partition coefficient (Wildman–Crippen LogP) is 3.84. The summed E-state index contributed by atoms with van der Waals surface area (Å²) in [6.45, 7) is 6.55. The fraction of sp³-hybridized carbons (Fsp3) is 0.385. The Morgan fingerprint density at radius 1 is 1.13 bits per heavy atom. The maximum atomic E-state index is 12.7. The third-order valence-electron chi connectivity index (χ3n) is 2.94. The van der Waals surface area contributed by atoms with Crippen LogP contribution in [0.15, 0.2) is 36.4 Å². The fourth-order valence-electron chi connectivity index (χ4n) is 1.63. The molecule has 82 valence electrons. The molecule has 2 rings (SSSR count). The largest absolute Gasteiger partial charge is 0.372 e. The van der Waals surface area contributed by atoms with Crippen LogP contribution in [0.4, 0.5) is 10.1 Å². The Labute approximate surface area is 91.5 Å². The molecule has 0 aliphatic heterocycles. The molecule has 1 aliphatic carbocycles. The Balaban J connectivity index is 0.00000128. The number of rotatable bonds is 2. The summed E-state index contributed by atoms with van der Waals surface area (Å²) in [5.41, 5.74) is 1.06. The van der Waals surface area contributed by atoms with Crippen LogP contribution in [0.25, 0.3) is 0 Å². The highest BCUT2D eigenvalue weighted by Gasteiger charge is 2.45. The van der Waals surface area contributed by atoms with E-state index >= 15 is 0 Å². The topological polar surface area (TPSA) is 12.0 Å². The lowest BCUT2D eigenvalue weighted by atomic mass is 9.82. The molecule has 0 saturated heterocycles. The summed E-state index contributed by atoms with van der Waals surface area (Å²) < 4.78 is 12.7. The zero-order valence-electron chi connectivity index (χ0n) is 9.34. The average Bonchev–Trinajstić information content (AvgIpc) is 2.89. The summed E-state index contributed by atoms with van der Waals surface area (Å²) in [5.74, 6) is -0.200. The highest BCUT2D eigenvalue weighted by molar-refractivity contribution is 5.56. The molecular weight excluding hydrogens is 189 g/mol. The molecule has 0 spiro atoms. The van der Waals surface area contributed by atoms with Gasteiger partial charge in [0.05, 0.1) is 5.54 Å². The molecule has 0 aromatic heterocycles. The van der Waals surface area contributed by atoms with Gasteiger partial charge in [-0.2, -0.15) is 0 Å². The van der Waals surface area contributed by atoms with E-state index in [9.17, 15) is 4.39 Å². The van der Waals surface area contributed by atoms with E-state index in [1.807, 2.05) is 0 Å². The minimum absolute atomic E-state index is 0. The van der Waals surface area contributed by atoms with Gasteiger partial charge in [-0.15, -0.1) is 0 Å². The second kappa shape index (κ2) is 3.09. The highest BCUT2D eigenvalue weighted by Crippen LogP contribution is 2.44. The Hall–Kier alpha value is -1.31. The lowest BCUT2D eigenvalue weighted by Crippen LogP contribution is -2.37. The Morgan fingerprint density at radius 2 is 1.67 bits per heavy atom. The minimum atomic E-state index is -0.200. The average molecular weight is 207 g/mol. The van der Waals surface area contributed by atoms with Gasteiger partial charge in [-0.3, -0.25) is 0 Å². The third-order valence-corrected chi connectivity index (χ3v) is 2.94. The molecule has 0 unspecified atom stereocenters. The van der Waals surface area contributed by atoms with E-state index in [4.69, 9.17) is 0 Å². The maximum Gasteiger partial charge on any atom is 0.123 e. The second-order valence-electron chi connectivity index (χ2n) is 5.08. The van der Waals surface area contributed by atoms with E-state index in [1.54, 1.807) is 12.1 Å². The van der Waals surface area contributed by atoms with Crippen LogP contribution in [0.3, 0.4) is 0 Å². The first kappa shape index (κ1) is 10.2. The Bertz CT molecular complexity index is 383. The number of anilines is 1. The van der Waals surface area contributed by atoms with Crippen molar-refractivity contribution < 1.29 is 5.82 Å². The second-order valence-corrected chi connectivity index (χ2v) is 5.08. The summed E-state index contributed by atoms with van der Waals surface area (Å²) in [4.78, 5) is 0. The van der Waals surface area contributed by atoms with E-state index in [2.05, 4.69) is 38.2 Å². The quantitative estimate of drug-likeness (QED) is 0.726. The summed E-state index contributed by atoms with van der Waals surface area (Å²) >= 11 is 0. The van der Waals surface area contributed by atoms with Crippen LogP contribution in [-0.2, 0) is 0 Å². The lowest BCUT2D eigenvalue weighted by Gasteiger charge is -2.33. The molecule has 1 nitrogen and oxygen atoms in total. The molecule has 15 heavy (non-hydrogen) atoms. The van der Waals surface area contributed by atoms with Crippen LogP contribution in [0.5, 0.6) is 0 Å². The van der Waals surface area contributed by atoms with Gasteiger partial charge in [0, 0.05) is 7.11 Å². The number of halogens is 1. The van der Waals surface area contributed by atoms with Crippen molar-refractivity contribution in [2.45, 2.75) is 26.3 Å². The zero-order valence-corrected chi connectivity index (χ0v) is 9.34. The Morgan fingerprint density at radius 3 is 2.07 bits per heavy atom. The first-order valence-corrected chi connectivity index (χ1v) is 5.17. The summed E-state index contributed by atoms with van der Waals surface area (Å²) in [7, 11) is 0. The number of benzene rings is 1. The summed E-state index contributed by atoms with van der Waals surface area (Å²) in [6, 6.07) is 6.48. The van der Waals surface area contributed by atoms with Gasteiger partial charge in [0.1, 0.15) is 5.82 Å². The van der Waals surface area contributed by atoms with Gasteiger partial charge in [0.25, 0.3) is 0 Å². The molecule has 0 heterocycles. The van der Waals surface area contributed by atoms with Crippen LogP contribution in [0.2, 0.25) is 0 Å². The van der Waals surface area contributed by atoms with Gasteiger partial charge < -0.3 is 5.32 Å². The van der Waals surface area contributed by atoms with Gasteiger partial charge >= 0.3 is 0 Å². The number of hydrogen-bond acceptors (Lipinski definition) is 1. The molecule has 0 amide bonds. The van der Waals surface area contributed by atoms with Crippen LogP contribution in [0.1, 0.15) is 22.2 Å². The van der Waals surface area contributed by atoms with Gasteiger partial charge in [-0.1, -0.05) is 32.9 Å². The van der Waals surface area contributed by atoms with E-state index < -0.39 is 0 Å². The van der Waals surface area contributed by atoms with Crippen LogP contribution < -0.4 is 5.32 Å². The van der Waals surface area contributed by atoms with Crippen molar-refractivity contribution in [1.82, 2.24) is 0 Å². The van der Waals surface area contributed by atoms with E-state index in [0.29, 0.717) is 0 Å². The molecule has 1 aliphatic rings. The van der Waals surface area contributed by atoms with Crippen molar-refractivity contribution in [3.63, 3.8) is 0 Å². The molecule has 0 radical (unpaired) electrons. The number of hydrogen-bond donors (Lipinski definition) is 1. The first-order valence-electron chi connectivity index (χ1n) is 5.17. The van der Waals surface area contributed by atoms with Gasteiger partial charge in [-0.05, 0) is 29.7 Å². The molecule has 0 fully saturated rings. The van der Waals surface area contributed by atoms with Gasteiger partial charge in [-0.25, -0.2) is 4.39 Å². The van der Waals surface area contributed by atoms with Crippen molar-refractivity contribution in [3.05, 3.63) is 42.2 Å². The SMILES string of the molecule is CC(C)(C)C1(Nc2ccc(F)cc2)C=C1.[HH]. The van der Waals surface area contributed by atoms with Crippen molar-refractivity contribution in [1.29, 1.82) is 0 Å². The van der Waals surface area contributed by atoms with Crippen molar-refractivity contribution in [2.24, 2.45) is 5.41 Å². The normalized spacial score (nSPS) is 17.6. The van der Waals surface area contributed by atoms with Crippen molar-refractivity contribution in [3.8, 4) is 0 Å². The lowest BCUT2D eigenvalue weighted by molar-refractivity contribution is 0.349. The first-order chi connectivity index (χ1) is 6.93. The predicted molar refractivity (Wildman–Crippen MR) is 63.5 cm³/mol. The molecule has 0 saturated carbocycles. The molecule has 1 N–H and O–H groups in total. The molecular formula is C13H18FN. The van der Waals surface area contributed by atoms with Crippen LogP contribution in [-0.4, -0.2) is 5.54 Å². The minimum Gasteiger partial charge on any atom is -0.372 e. The fourth-order valence-corrected chi connectivity index (χ4v) is 1.63. The molecule has 1 aromatic rings. The van der Waals surface area contributed by atoms with Gasteiger partial charge in [0.2, 0.25) is 0 Å². The molecule has 2 heteroatoms. The third kappa shape index (κ3) is 1.89. The van der Waals surface area contributed by atoms with E-state index in [1.165, 1.54) is 12.1 Å². The van der Waals surface area contributed by atoms with Gasteiger partial charge in [0.15, 0.2) is 0 Å². The zero-order chi connectivity index (χ0) is 11.1. The highest BCUT2D eigenvalue weighted by atomic mass is 19.1. The van der Waals surface area contributed by atoms with Crippen LogP contribution >= 0.6 is 0 Å². The van der Waals surface area contributed by atoms with E-state index in [0.717, 1.165) is 5.69 Å². The smallest absolute Gasteiger partial charge is 0.123 e. The Kier molecular flexibility index (Phi) is 2.10. The maximum absolute atomic E-state index is 12.7. The standard InChI is InChI=1S/C13H16FN.H2/c1-12(2,3)13(8-9-13)15-11-6-4-10(14)5-7-11;/h4-9,15H,1-3H3;1H. The number of nitrogens with one attached hydrogen (secondary N) is 1. The molecule has 1 aromatic carbocycles. The van der Waals surface area contributed by atoms with Crippen LogP contribution in [0, 0.1) is 11.2 Å². The van der Waals surface area contributed by atoms with Crippen molar-refractivity contribution >= 4 is 5.69 Å². The summed E-state index contributed by atoms with van der Waals surface area (Å²) in [6.07, 6.45) is 4.30.